The molecule has 0 fully saturated rings. The lowest BCUT2D eigenvalue weighted by Gasteiger charge is -2.14. The molecule has 0 saturated carbocycles. The van der Waals surface area contributed by atoms with Crippen molar-refractivity contribution < 1.29 is 18.0 Å². The molecule has 94 valence electrons. The first-order chi connectivity index (χ1) is 7.70. The van der Waals surface area contributed by atoms with Crippen LogP contribution in [0.25, 0.3) is 0 Å². The fraction of sp³-hybridized carbons (Fsp3) is 0.364. The van der Waals surface area contributed by atoms with Crippen molar-refractivity contribution in [1.82, 2.24) is 0 Å². The quantitative estimate of drug-likeness (QED) is 0.601. The van der Waals surface area contributed by atoms with Gasteiger partial charge in [-0.1, -0.05) is 17.7 Å². The van der Waals surface area contributed by atoms with E-state index in [1.807, 2.05) is 0 Å². The number of carbonyl (C=O) groups is 1. The second kappa shape index (κ2) is 5.31. The first-order valence-corrected chi connectivity index (χ1v) is 5.97. The van der Waals surface area contributed by atoms with Crippen LogP contribution in [0, 0.1) is 6.92 Å². The highest BCUT2D eigenvalue weighted by atomic mass is 35.5. The summed E-state index contributed by atoms with van der Waals surface area (Å²) in [5, 5.41) is -1.04. The van der Waals surface area contributed by atoms with Gasteiger partial charge in [0.25, 0.3) is 0 Å². The van der Waals surface area contributed by atoms with Gasteiger partial charge in [-0.15, -0.1) is 11.6 Å². The Kier molecular flexibility index (Phi) is 4.49. The minimum atomic E-state index is -4.39. The molecule has 17 heavy (non-hydrogen) atoms. The molecular formula is C11H10ClF3OS. The molecule has 1 nitrogen and oxygen atoms in total. The number of thioether (sulfide) groups is 1. The van der Waals surface area contributed by atoms with Crippen molar-refractivity contribution in [3.8, 4) is 0 Å². The largest absolute Gasteiger partial charge is 0.446 e. The highest BCUT2D eigenvalue weighted by Gasteiger charge is 2.31. The fourth-order valence-corrected chi connectivity index (χ4v) is 2.23. The molecule has 1 aromatic rings. The standard InChI is InChI=1S/C11H10ClF3OS/c1-6-3-4-9(17-11(13,14)15)8(5-6)10(12)7(2)16/h3-5,10H,1-2H3. The number of carbonyl (C=O) groups excluding carboxylic acids is 1. The number of hydrogen-bond acceptors (Lipinski definition) is 2. The van der Waals surface area contributed by atoms with Crippen LogP contribution in [0.3, 0.4) is 0 Å². The van der Waals surface area contributed by atoms with E-state index in [1.54, 1.807) is 13.0 Å². The zero-order valence-electron chi connectivity index (χ0n) is 9.14. The lowest BCUT2D eigenvalue weighted by atomic mass is 10.1. The van der Waals surface area contributed by atoms with Gasteiger partial charge in [0.05, 0.1) is 0 Å². The Balaban J connectivity index is 3.17. The number of benzene rings is 1. The van der Waals surface area contributed by atoms with Crippen molar-refractivity contribution in [2.75, 3.05) is 0 Å². The van der Waals surface area contributed by atoms with Crippen molar-refractivity contribution in [3.05, 3.63) is 29.3 Å². The van der Waals surface area contributed by atoms with E-state index in [1.165, 1.54) is 19.1 Å². The fourth-order valence-electron chi connectivity index (χ4n) is 1.30. The number of rotatable bonds is 3. The summed E-state index contributed by atoms with van der Waals surface area (Å²) in [4.78, 5) is 11.1. The van der Waals surface area contributed by atoms with Crippen molar-refractivity contribution >= 4 is 29.1 Å². The average molecular weight is 283 g/mol. The van der Waals surface area contributed by atoms with E-state index in [4.69, 9.17) is 11.6 Å². The van der Waals surface area contributed by atoms with E-state index in [9.17, 15) is 18.0 Å². The Morgan fingerprint density at radius 3 is 2.47 bits per heavy atom. The summed E-state index contributed by atoms with van der Waals surface area (Å²) in [7, 11) is 0. The Hall–Kier alpha value is -0.680. The smallest absolute Gasteiger partial charge is 0.298 e. The van der Waals surface area contributed by atoms with E-state index < -0.39 is 10.9 Å². The molecular weight excluding hydrogens is 273 g/mol. The molecule has 0 bridgehead atoms. The van der Waals surface area contributed by atoms with Crippen LogP contribution in [0.5, 0.6) is 0 Å². The molecule has 0 saturated heterocycles. The average Bonchev–Trinajstić information content (AvgIpc) is 2.17. The molecule has 0 aliphatic rings. The van der Waals surface area contributed by atoms with Gasteiger partial charge in [0.1, 0.15) is 5.38 Å². The maximum absolute atomic E-state index is 12.3. The highest BCUT2D eigenvalue weighted by molar-refractivity contribution is 8.00. The molecule has 1 unspecified atom stereocenters. The van der Waals surface area contributed by atoms with Crippen LogP contribution in [0.1, 0.15) is 23.4 Å². The molecule has 0 N–H and O–H groups in total. The van der Waals surface area contributed by atoms with Gasteiger partial charge in [0.15, 0.2) is 5.78 Å². The first kappa shape index (κ1) is 14.4. The number of halogens is 4. The number of hydrogen-bond donors (Lipinski definition) is 0. The molecule has 0 heterocycles. The Bertz CT molecular complexity index is 431. The minimum absolute atomic E-state index is 0.0294. The minimum Gasteiger partial charge on any atom is -0.298 e. The van der Waals surface area contributed by atoms with E-state index >= 15 is 0 Å². The molecule has 0 spiro atoms. The van der Waals surface area contributed by atoms with E-state index in [2.05, 4.69) is 0 Å². The van der Waals surface area contributed by atoms with Gasteiger partial charge in [0, 0.05) is 4.90 Å². The van der Waals surface area contributed by atoms with Gasteiger partial charge in [0.2, 0.25) is 0 Å². The Morgan fingerprint density at radius 2 is 2.00 bits per heavy atom. The van der Waals surface area contributed by atoms with Crippen molar-refractivity contribution in [2.24, 2.45) is 0 Å². The van der Waals surface area contributed by atoms with Gasteiger partial charge in [-0.3, -0.25) is 4.79 Å². The van der Waals surface area contributed by atoms with E-state index in [0.29, 0.717) is 0 Å². The van der Waals surface area contributed by atoms with Crippen molar-refractivity contribution in [1.29, 1.82) is 0 Å². The summed E-state index contributed by atoms with van der Waals surface area (Å²) in [6, 6.07) is 4.40. The third-order valence-electron chi connectivity index (χ3n) is 2.02. The maximum Gasteiger partial charge on any atom is 0.446 e. The van der Waals surface area contributed by atoms with Crippen LogP contribution in [0.4, 0.5) is 13.2 Å². The summed E-state index contributed by atoms with van der Waals surface area (Å²) in [5.41, 5.74) is -3.42. The maximum atomic E-state index is 12.3. The molecule has 6 heteroatoms. The normalized spacial score (nSPS) is 13.5. The number of aryl methyl sites for hydroxylation is 1. The van der Waals surface area contributed by atoms with Crippen molar-refractivity contribution in [3.63, 3.8) is 0 Å². The molecule has 1 rings (SSSR count). The number of alkyl halides is 4. The van der Waals surface area contributed by atoms with Crippen LogP contribution < -0.4 is 0 Å². The molecule has 0 aliphatic heterocycles. The van der Waals surface area contributed by atoms with E-state index in [0.717, 1.165) is 5.56 Å². The van der Waals surface area contributed by atoms with Gasteiger partial charge in [-0.05, 0) is 37.2 Å². The zero-order valence-corrected chi connectivity index (χ0v) is 10.7. The number of ketones is 1. The van der Waals surface area contributed by atoms with Crippen LogP contribution in [0.2, 0.25) is 0 Å². The van der Waals surface area contributed by atoms with Crippen LogP contribution in [-0.4, -0.2) is 11.3 Å². The van der Waals surface area contributed by atoms with E-state index in [-0.39, 0.29) is 28.0 Å². The summed E-state index contributed by atoms with van der Waals surface area (Å²) >= 11 is 5.56. The molecule has 0 amide bonds. The van der Waals surface area contributed by atoms with Gasteiger partial charge in [-0.25, -0.2) is 0 Å². The molecule has 0 radical (unpaired) electrons. The van der Waals surface area contributed by atoms with Crippen molar-refractivity contribution in [2.45, 2.75) is 29.6 Å². The lowest BCUT2D eigenvalue weighted by Crippen LogP contribution is -2.06. The van der Waals surface area contributed by atoms with Gasteiger partial charge < -0.3 is 0 Å². The highest BCUT2D eigenvalue weighted by Crippen LogP contribution is 2.41. The molecule has 1 atom stereocenters. The molecule has 0 aliphatic carbocycles. The second-order valence-corrected chi connectivity index (χ2v) is 5.11. The van der Waals surface area contributed by atoms with Gasteiger partial charge >= 0.3 is 5.51 Å². The zero-order chi connectivity index (χ0) is 13.2. The SMILES string of the molecule is CC(=O)C(Cl)c1cc(C)ccc1SC(F)(F)F. The van der Waals surface area contributed by atoms with Crippen LogP contribution in [-0.2, 0) is 4.79 Å². The summed E-state index contributed by atoms with van der Waals surface area (Å²) < 4.78 is 37.0. The van der Waals surface area contributed by atoms with Crippen LogP contribution >= 0.6 is 23.4 Å². The Morgan fingerprint density at radius 1 is 1.41 bits per heavy atom. The van der Waals surface area contributed by atoms with Crippen LogP contribution in [0.15, 0.2) is 23.1 Å². The monoisotopic (exact) mass is 282 g/mol. The third kappa shape index (κ3) is 4.24. The summed E-state index contributed by atoms with van der Waals surface area (Å²) in [6.07, 6.45) is 0. The number of Topliss-reactive ketones (excluding diaryl/α,β-unsaturated/α-hetero) is 1. The van der Waals surface area contributed by atoms with Gasteiger partial charge in [-0.2, -0.15) is 13.2 Å². The molecule has 1 aromatic carbocycles. The Labute approximate surface area is 106 Å². The second-order valence-electron chi connectivity index (χ2n) is 3.56. The lowest BCUT2D eigenvalue weighted by molar-refractivity contribution is -0.116. The summed E-state index contributed by atoms with van der Waals surface area (Å²) in [5.74, 6) is -0.374. The summed E-state index contributed by atoms with van der Waals surface area (Å²) in [6.45, 7) is 2.98. The predicted octanol–water partition coefficient (Wildman–Crippen LogP) is 4.48. The first-order valence-electron chi connectivity index (χ1n) is 4.71. The topological polar surface area (TPSA) is 17.1 Å². The predicted molar refractivity (Wildman–Crippen MR) is 62.4 cm³/mol. The third-order valence-corrected chi connectivity index (χ3v) is 3.39. The molecule has 0 aromatic heterocycles.